The Labute approximate surface area is 120 Å². The molecule has 1 heterocycles. The van der Waals surface area contributed by atoms with Crippen LogP contribution in [0, 0.1) is 0 Å². The molecule has 7 heteroatoms. The molecule has 1 aliphatic heterocycles. The van der Waals surface area contributed by atoms with E-state index < -0.39 is 15.4 Å². The van der Waals surface area contributed by atoms with Crippen molar-refractivity contribution in [2.24, 2.45) is 0 Å². The average Bonchev–Trinajstić information content (AvgIpc) is 2.38. The topological polar surface area (TPSA) is 95.5 Å². The lowest BCUT2D eigenvalue weighted by atomic mass is 9.82. The highest BCUT2D eigenvalue weighted by atomic mass is 32.2. The van der Waals surface area contributed by atoms with Gasteiger partial charge in [0, 0.05) is 19.0 Å². The standard InChI is InChI=1S/C13H24N2O4S/c16-10-13(4-2-1-3-5-13)15-12(17)8-11-9-20(18,19)7-6-14-11/h11,14,16H,1-10H2,(H,15,17). The normalized spacial score (nSPS) is 28.8. The molecule has 1 saturated carbocycles. The van der Waals surface area contributed by atoms with Crippen molar-refractivity contribution in [2.75, 3.05) is 24.7 Å². The lowest BCUT2D eigenvalue weighted by molar-refractivity contribution is -0.124. The SMILES string of the molecule is O=C(CC1CS(=O)(=O)CCN1)NC1(CO)CCCCC1. The number of amides is 1. The molecule has 0 radical (unpaired) electrons. The second-order valence-electron chi connectivity index (χ2n) is 6.02. The zero-order chi connectivity index (χ0) is 14.6. The molecular formula is C13H24N2O4S. The van der Waals surface area contributed by atoms with Gasteiger partial charge < -0.3 is 15.7 Å². The van der Waals surface area contributed by atoms with Gasteiger partial charge in [-0.05, 0) is 12.8 Å². The van der Waals surface area contributed by atoms with Crippen LogP contribution in [-0.2, 0) is 14.6 Å². The Balaban J connectivity index is 1.88. The van der Waals surface area contributed by atoms with Gasteiger partial charge in [0.25, 0.3) is 0 Å². The molecule has 0 aromatic rings. The predicted molar refractivity (Wildman–Crippen MR) is 76.1 cm³/mol. The molecule has 0 aromatic carbocycles. The summed E-state index contributed by atoms with van der Waals surface area (Å²) in [6, 6.07) is -0.312. The number of nitrogens with one attached hydrogen (secondary N) is 2. The van der Waals surface area contributed by atoms with Gasteiger partial charge in [0.2, 0.25) is 5.91 Å². The molecule has 0 aromatic heterocycles. The molecule has 116 valence electrons. The van der Waals surface area contributed by atoms with Crippen LogP contribution in [0.2, 0.25) is 0 Å². The van der Waals surface area contributed by atoms with E-state index in [2.05, 4.69) is 10.6 Å². The minimum atomic E-state index is -3.02. The monoisotopic (exact) mass is 304 g/mol. The number of sulfone groups is 1. The summed E-state index contributed by atoms with van der Waals surface area (Å²) in [7, 11) is -3.02. The predicted octanol–water partition coefficient (Wildman–Crippen LogP) is -0.425. The lowest BCUT2D eigenvalue weighted by Gasteiger charge is -2.37. The number of carbonyl (C=O) groups excluding carboxylic acids is 1. The van der Waals surface area contributed by atoms with Crippen molar-refractivity contribution in [3.05, 3.63) is 0 Å². The zero-order valence-electron chi connectivity index (χ0n) is 11.7. The van der Waals surface area contributed by atoms with Crippen molar-refractivity contribution in [1.82, 2.24) is 10.6 Å². The summed E-state index contributed by atoms with van der Waals surface area (Å²) in [5, 5.41) is 15.6. The third-order valence-corrected chi connectivity index (χ3v) is 5.99. The second-order valence-corrected chi connectivity index (χ2v) is 8.25. The summed E-state index contributed by atoms with van der Waals surface area (Å²) in [6.07, 6.45) is 4.91. The maximum Gasteiger partial charge on any atom is 0.222 e. The van der Waals surface area contributed by atoms with E-state index in [-0.39, 0.29) is 36.5 Å². The Morgan fingerprint density at radius 2 is 2.00 bits per heavy atom. The molecule has 1 saturated heterocycles. The van der Waals surface area contributed by atoms with Gasteiger partial charge in [-0.25, -0.2) is 8.42 Å². The van der Waals surface area contributed by atoms with Gasteiger partial charge in [-0.3, -0.25) is 4.79 Å². The third kappa shape index (κ3) is 4.17. The van der Waals surface area contributed by atoms with Crippen molar-refractivity contribution in [1.29, 1.82) is 0 Å². The van der Waals surface area contributed by atoms with Crippen LogP contribution in [0.25, 0.3) is 0 Å². The van der Waals surface area contributed by atoms with E-state index in [0.29, 0.717) is 6.54 Å². The Morgan fingerprint density at radius 3 is 2.60 bits per heavy atom. The molecule has 0 bridgehead atoms. The highest BCUT2D eigenvalue weighted by Crippen LogP contribution is 2.27. The van der Waals surface area contributed by atoms with Gasteiger partial charge in [-0.15, -0.1) is 0 Å². The van der Waals surface area contributed by atoms with Crippen molar-refractivity contribution in [2.45, 2.75) is 50.1 Å². The highest BCUT2D eigenvalue weighted by molar-refractivity contribution is 7.91. The molecule has 0 spiro atoms. The Hall–Kier alpha value is -0.660. The highest BCUT2D eigenvalue weighted by Gasteiger charge is 2.34. The minimum absolute atomic E-state index is 0.0204. The fourth-order valence-electron chi connectivity index (χ4n) is 3.12. The van der Waals surface area contributed by atoms with E-state index in [1.165, 1.54) is 0 Å². The van der Waals surface area contributed by atoms with Gasteiger partial charge in [0.05, 0.1) is 23.7 Å². The maximum absolute atomic E-state index is 12.1. The largest absolute Gasteiger partial charge is 0.394 e. The van der Waals surface area contributed by atoms with Crippen LogP contribution in [0.15, 0.2) is 0 Å². The second kappa shape index (κ2) is 6.41. The molecule has 3 N–H and O–H groups in total. The number of aliphatic hydroxyl groups is 1. The van der Waals surface area contributed by atoms with Crippen LogP contribution in [-0.4, -0.2) is 55.7 Å². The summed E-state index contributed by atoms with van der Waals surface area (Å²) >= 11 is 0. The van der Waals surface area contributed by atoms with Gasteiger partial charge in [0.15, 0.2) is 9.84 Å². The lowest BCUT2D eigenvalue weighted by Crippen LogP contribution is -2.54. The number of carbonyl (C=O) groups is 1. The van der Waals surface area contributed by atoms with Crippen molar-refractivity contribution < 1.29 is 18.3 Å². The minimum Gasteiger partial charge on any atom is -0.394 e. The van der Waals surface area contributed by atoms with Crippen molar-refractivity contribution >= 4 is 15.7 Å². The van der Waals surface area contributed by atoms with E-state index in [1.54, 1.807) is 0 Å². The first-order chi connectivity index (χ1) is 9.45. The summed E-state index contributed by atoms with van der Waals surface area (Å²) in [6.45, 7) is 0.362. The summed E-state index contributed by atoms with van der Waals surface area (Å²) in [5.74, 6) is -0.00586. The fourth-order valence-corrected chi connectivity index (χ4v) is 4.56. The van der Waals surface area contributed by atoms with E-state index in [9.17, 15) is 18.3 Å². The zero-order valence-corrected chi connectivity index (χ0v) is 12.5. The molecule has 6 nitrogen and oxygen atoms in total. The quantitative estimate of drug-likeness (QED) is 0.655. The van der Waals surface area contributed by atoms with Gasteiger partial charge >= 0.3 is 0 Å². The molecule has 2 fully saturated rings. The molecule has 2 rings (SSSR count). The number of rotatable bonds is 4. The van der Waals surface area contributed by atoms with Crippen molar-refractivity contribution in [3.8, 4) is 0 Å². The van der Waals surface area contributed by atoms with Crippen LogP contribution in [0.5, 0.6) is 0 Å². The fraction of sp³-hybridized carbons (Fsp3) is 0.923. The molecule has 20 heavy (non-hydrogen) atoms. The van der Waals surface area contributed by atoms with E-state index in [4.69, 9.17) is 0 Å². The van der Waals surface area contributed by atoms with Gasteiger partial charge in [0.1, 0.15) is 0 Å². The van der Waals surface area contributed by atoms with Gasteiger partial charge in [-0.2, -0.15) is 0 Å². The molecule has 1 atom stereocenters. The molecule has 1 aliphatic carbocycles. The maximum atomic E-state index is 12.1. The Bertz CT molecular complexity index is 443. The first-order valence-electron chi connectivity index (χ1n) is 7.30. The first kappa shape index (κ1) is 15.7. The van der Waals surface area contributed by atoms with Gasteiger partial charge in [-0.1, -0.05) is 19.3 Å². The molecule has 1 unspecified atom stereocenters. The summed E-state index contributed by atoms with van der Waals surface area (Å²) < 4.78 is 23.1. The summed E-state index contributed by atoms with van der Waals surface area (Å²) in [4.78, 5) is 12.1. The van der Waals surface area contributed by atoms with Crippen LogP contribution in [0.3, 0.4) is 0 Å². The van der Waals surface area contributed by atoms with E-state index >= 15 is 0 Å². The average molecular weight is 304 g/mol. The Kier molecular flexibility index (Phi) is 5.04. The van der Waals surface area contributed by atoms with E-state index in [0.717, 1.165) is 32.1 Å². The van der Waals surface area contributed by atoms with Crippen LogP contribution in [0.4, 0.5) is 0 Å². The van der Waals surface area contributed by atoms with E-state index in [1.807, 2.05) is 0 Å². The number of hydrogen-bond acceptors (Lipinski definition) is 5. The van der Waals surface area contributed by atoms with Crippen LogP contribution >= 0.6 is 0 Å². The number of aliphatic hydroxyl groups excluding tert-OH is 1. The third-order valence-electron chi connectivity index (χ3n) is 4.25. The summed E-state index contributed by atoms with van der Waals surface area (Å²) in [5.41, 5.74) is -0.497. The molecule has 2 aliphatic rings. The van der Waals surface area contributed by atoms with Crippen LogP contribution in [0.1, 0.15) is 38.5 Å². The van der Waals surface area contributed by atoms with Crippen molar-refractivity contribution in [3.63, 3.8) is 0 Å². The molecule has 1 amide bonds. The number of hydrogen-bond donors (Lipinski definition) is 3. The first-order valence-corrected chi connectivity index (χ1v) is 9.13. The Morgan fingerprint density at radius 1 is 1.30 bits per heavy atom. The molecular weight excluding hydrogens is 280 g/mol. The smallest absolute Gasteiger partial charge is 0.222 e. The van der Waals surface area contributed by atoms with Crippen LogP contribution < -0.4 is 10.6 Å².